The number of aliphatic hydroxyl groups is 1. The maximum atomic E-state index is 11.2. The van der Waals surface area contributed by atoms with Crippen LogP contribution in [-0.2, 0) is 9.53 Å². The number of rotatable bonds is 6. The standard InChI is InChI=1S/C8H17NO3/c1-9(5-7-12-2)8(11)4-3-6-10/h10H,3-7H2,1-2H3. The van der Waals surface area contributed by atoms with Crippen molar-refractivity contribution in [2.45, 2.75) is 12.8 Å². The Labute approximate surface area is 73.1 Å². The van der Waals surface area contributed by atoms with E-state index in [0.29, 0.717) is 26.0 Å². The number of aliphatic hydroxyl groups excluding tert-OH is 1. The lowest BCUT2D eigenvalue weighted by atomic mass is 10.3. The highest BCUT2D eigenvalue weighted by Crippen LogP contribution is 1.94. The van der Waals surface area contributed by atoms with Crippen LogP contribution in [0.25, 0.3) is 0 Å². The van der Waals surface area contributed by atoms with Crippen LogP contribution in [0.3, 0.4) is 0 Å². The van der Waals surface area contributed by atoms with E-state index in [-0.39, 0.29) is 12.5 Å². The SMILES string of the molecule is COCCN(C)C(=O)CCCO. The molecule has 0 unspecified atom stereocenters. The van der Waals surface area contributed by atoms with Crippen molar-refractivity contribution in [1.29, 1.82) is 0 Å². The number of carbonyl (C=O) groups is 1. The number of ether oxygens (including phenoxy) is 1. The van der Waals surface area contributed by atoms with Gasteiger partial charge in [-0.15, -0.1) is 0 Å². The van der Waals surface area contributed by atoms with Crippen LogP contribution >= 0.6 is 0 Å². The zero-order chi connectivity index (χ0) is 9.40. The van der Waals surface area contributed by atoms with Crippen LogP contribution in [0.5, 0.6) is 0 Å². The van der Waals surface area contributed by atoms with Crippen molar-refractivity contribution >= 4 is 5.91 Å². The molecule has 0 heterocycles. The van der Waals surface area contributed by atoms with Crippen LogP contribution in [0.1, 0.15) is 12.8 Å². The van der Waals surface area contributed by atoms with Crippen LogP contribution in [0.15, 0.2) is 0 Å². The van der Waals surface area contributed by atoms with Crippen LogP contribution in [0.2, 0.25) is 0 Å². The van der Waals surface area contributed by atoms with E-state index in [1.165, 1.54) is 0 Å². The fraction of sp³-hybridized carbons (Fsp3) is 0.875. The first kappa shape index (κ1) is 11.4. The smallest absolute Gasteiger partial charge is 0.222 e. The molecule has 0 aliphatic rings. The van der Waals surface area contributed by atoms with E-state index < -0.39 is 0 Å². The van der Waals surface area contributed by atoms with Gasteiger partial charge in [0.1, 0.15) is 0 Å². The van der Waals surface area contributed by atoms with Gasteiger partial charge in [-0.3, -0.25) is 4.79 Å². The third-order valence-electron chi connectivity index (χ3n) is 1.61. The van der Waals surface area contributed by atoms with Gasteiger partial charge in [-0.2, -0.15) is 0 Å². The third-order valence-corrected chi connectivity index (χ3v) is 1.61. The number of methoxy groups -OCH3 is 1. The zero-order valence-electron chi connectivity index (χ0n) is 7.75. The van der Waals surface area contributed by atoms with Gasteiger partial charge in [-0.05, 0) is 6.42 Å². The van der Waals surface area contributed by atoms with E-state index >= 15 is 0 Å². The number of carbonyl (C=O) groups excluding carboxylic acids is 1. The topological polar surface area (TPSA) is 49.8 Å². The first-order valence-corrected chi connectivity index (χ1v) is 4.06. The average molecular weight is 175 g/mol. The normalized spacial score (nSPS) is 9.92. The lowest BCUT2D eigenvalue weighted by molar-refractivity contribution is -0.130. The number of nitrogens with zero attached hydrogens (tertiary/aromatic N) is 1. The highest BCUT2D eigenvalue weighted by molar-refractivity contribution is 5.75. The summed E-state index contributed by atoms with van der Waals surface area (Å²) < 4.78 is 4.82. The monoisotopic (exact) mass is 175 g/mol. The molecule has 0 fully saturated rings. The Hall–Kier alpha value is -0.610. The maximum Gasteiger partial charge on any atom is 0.222 e. The first-order valence-electron chi connectivity index (χ1n) is 4.06. The van der Waals surface area contributed by atoms with Gasteiger partial charge in [-0.1, -0.05) is 0 Å². The van der Waals surface area contributed by atoms with Crippen molar-refractivity contribution in [3.63, 3.8) is 0 Å². The van der Waals surface area contributed by atoms with E-state index in [0.717, 1.165) is 0 Å². The van der Waals surface area contributed by atoms with Crippen molar-refractivity contribution in [2.75, 3.05) is 33.9 Å². The molecule has 0 aromatic carbocycles. The Balaban J connectivity index is 3.47. The Morgan fingerprint density at radius 2 is 2.25 bits per heavy atom. The minimum absolute atomic E-state index is 0.0566. The predicted octanol–water partition coefficient (Wildman–Crippen LogP) is -0.136. The van der Waals surface area contributed by atoms with E-state index in [1.54, 1.807) is 19.1 Å². The molecule has 0 aliphatic carbocycles. The second kappa shape index (κ2) is 7.06. The van der Waals surface area contributed by atoms with Crippen molar-refractivity contribution in [3.8, 4) is 0 Å². The van der Waals surface area contributed by atoms with Crippen LogP contribution < -0.4 is 0 Å². The van der Waals surface area contributed by atoms with E-state index in [2.05, 4.69) is 0 Å². The maximum absolute atomic E-state index is 11.2. The van der Waals surface area contributed by atoms with E-state index in [9.17, 15) is 4.79 Å². The Kier molecular flexibility index (Phi) is 6.70. The second-order valence-electron chi connectivity index (χ2n) is 2.64. The van der Waals surface area contributed by atoms with Crippen molar-refractivity contribution in [2.24, 2.45) is 0 Å². The second-order valence-corrected chi connectivity index (χ2v) is 2.64. The highest BCUT2D eigenvalue weighted by atomic mass is 16.5. The summed E-state index contributed by atoms with van der Waals surface area (Å²) >= 11 is 0. The Morgan fingerprint density at radius 3 is 2.75 bits per heavy atom. The molecule has 4 heteroatoms. The third kappa shape index (κ3) is 5.09. The van der Waals surface area contributed by atoms with Crippen molar-refractivity contribution < 1.29 is 14.6 Å². The summed E-state index contributed by atoms with van der Waals surface area (Å²) in [4.78, 5) is 12.8. The van der Waals surface area contributed by atoms with Gasteiger partial charge in [0.15, 0.2) is 0 Å². The molecule has 4 nitrogen and oxygen atoms in total. The minimum atomic E-state index is 0.0566. The van der Waals surface area contributed by atoms with Gasteiger partial charge in [0.05, 0.1) is 6.61 Å². The Bertz CT molecular complexity index is 127. The van der Waals surface area contributed by atoms with Gasteiger partial charge in [-0.25, -0.2) is 0 Å². The summed E-state index contributed by atoms with van der Waals surface area (Å²) in [5.41, 5.74) is 0. The largest absolute Gasteiger partial charge is 0.396 e. The van der Waals surface area contributed by atoms with Gasteiger partial charge < -0.3 is 14.7 Å². The summed E-state index contributed by atoms with van der Waals surface area (Å²) in [6.45, 7) is 1.24. The molecular weight excluding hydrogens is 158 g/mol. The average Bonchev–Trinajstić information content (AvgIpc) is 2.10. The van der Waals surface area contributed by atoms with Gasteiger partial charge in [0.25, 0.3) is 0 Å². The molecule has 0 bridgehead atoms. The number of hydrogen-bond donors (Lipinski definition) is 1. The molecule has 0 saturated carbocycles. The van der Waals surface area contributed by atoms with Crippen molar-refractivity contribution in [3.05, 3.63) is 0 Å². The molecule has 1 amide bonds. The number of amides is 1. The summed E-state index contributed by atoms with van der Waals surface area (Å²) in [5, 5.41) is 8.48. The molecule has 0 aromatic heterocycles. The minimum Gasteiger partial charge on any atom is -0.396 e. The lowest BCUT2D eigenvalue weighted by Gasteiger charge is -2.15. The first-order chi connectivity index (χ1) is 5.72. The molecule has 0 saturated heterocycles. The van der Waals surface area contributed by atoms with E-state index in [4.69, 9.17) is 9.84 Å². The number of hydrogen-bond acceptors (Lipinski definition) is 3. The van der Waals surface area contributed by atoms with Crippen molar-refractivity contribution in [1.82, 2.24) is 4.90 Å². The van der Waals surface area contributed by atoms with Crippen LogP contribution in [0.4, 0.5) is 0 Å². The molecule has 0 aromatic rings. The Morgan fingerprint density at radius 1 is 1.58 bits per heavy atom. The van der Waals surface area contributed by atoms with Gasteiger partial charge in [0, 0.05) is 33.7 Å². The van der Waals surface area contributed by atoms with Gasteiger partial charge in [0.2, 0.25) is 5.91 Å². The molecule has 0 rings (SSSR count). The lowest BCUT2D eigenvalue weighted by Crippen LogP contribution is -2.29. The number of likely N-dealkylation sites (N-methyl/N-ethyl adjacent to an activating group) is 1. The highest BCUT2D eigenvalue weighted by Gasteiger charge is 2.06. The van der Waals surface area contributed by atoms with Crippen LogP contribution in [0, 0.1) is 0 Å². The predicted molar refractivity (Wildman–Crippen MR) is 45.8 cm³/mol. The molecular formula is C8H17NO3. The molecule has 0 atom stereocenters. The zero-order valence-corrected chi connectivity index (χ0v) is 7.75. The molecule has 72 valence electrons. The van der Waals surface area contributed by atoms with Gasteiger partial charge >= 0.3 is 0 Å². The van der Waals surface area contributed by atoms with E-state index in [1.807, 2.05) is 0 Å². The molecule has 0 radical (unpaired) electrons. The quantitative estimate of drug-likeness (QED) is 0.611. The summed E-state index contributed by atoms with van der Waals surface area (Å²) in [5.74, 6) is 0.0566. The summed E-state index contributed by atoms with van der Waals surface area (Å²) in [6, 6.07) is 0. The molecule has 0 aliphatic heterocycles. The van der Waals surface area contributed by atoms with Crippen LogP contribution in [-0.4, -0.2) is 49.8 Å². The fourth-order valence-electron chi connectivity index (χ4n) is 0.774. The summed E-state index contributed by atoms with van der Waals surface area (Å²) in [6.07, 6.45) is 0.951. The molecule has 1 N–H and O–H groups in total. The fourth-order valence-corrected chi connectivity index (χ4v) is 0.774. The summed E-state index contributed by atoms with van der Waals surface area (Å²) in [7, 11) is 3.34. The molecule has 12 heavy (non-hydrogen) atoms. The molecule has 0 spiro atoms.